The van der Waals surface area contributed by atoms with Gasteiger partial charge in [-0.05, 0) is 49.3 Å². The SMILES string of the molecule is Cc1ncc2c(n1)CN(CC(=O)N[C@H]1CCCc3ccccc31)CC2. The van der Waals surface area contributed by atoms with Crippen molar-refractivity contribution in [1.82, 2.24) is 20.2 Å². The number of aromatic nitrogens is 2. The fourth-order valence-electron chi connectivity index (χ4n) is 3.94. The Morgan fingerprint density at radius 1 is 1.28 bits per heavy atom. The van der Waals surface area contributed by atoms with Crippen LogP contribution in [0.4, 0.5) is 0 Å². The third kappa shape index (κ3) is 3.56. The Hall–Kier alpha value is -2.27. The second-order valence-electron chi connectivity index (χ2n) is 7.06. The van der Waals surface area contributed by atoms with E-state index in [1.165, 1.54) is 16.7 Å². The molecule has 4 rings (SSSR count). The van der Waals surface area contributed by atoms with Crippen LogP contribution in [0.3, 0.4) is 0 Å². The second kappa shape index (κ2) is 6.92. The van der Waals surface area contributed by atoms with Crippen molar-refractivity contribution in [3.63, 3.8) is 0 Å². The summed E-state index contributed by atoms with van der Waals surface area (Å²) in [4.78, 5) is 23.6. The summed E-state index contributed by atoms with van der Waals surface area (Å²) in [6.45, 7) is 3.95. The average Bonchev–Trinajstić information content (AvgIpc) is 2.61. The molecule has 5 heteroatoms. The van der Waals surface area contributed by atoms with Crippen LogP contribution in [0.2, 0.25) is 0 Å². The fraction of sp³-hybridized carbons (Fsp3) is 0.450. The van der Waals surface area contributed by atoms with Gasteiger partial charge in [0.2, 0.25) is 5.91 Å². The molecule has 0 radical (unpaired) electrons. The Morgan fingerprint density at radius 2 is 2.16 bits per heavy atom. The molecule has 0 fully saturated rings. The first kappa shape index (κ1) is 16.2. The van der Waals surface area contributed by atoms with Crippen LogP contribution in [0.5, 0.6) is 0 Å². The summed E-state index contributed by atoms with van der Waals surface area (Å²) in [5, 5.41) is 3.24. The molecule has 1 amide bonds. The molecule has 130 valence electrons. The lowest BCUT2D eigenvalue weighted by molar-refractivity contribution is -0.123. The molecular weight excluding hydrogens is 312 g/mol. The van der Waals surface area contributed by atoms with Gasteiger partial charge in [0.25, 0.3) is 0 Å². The number of hydrogen-bond donors (Lipinski definition) is 1. The van der Waals surface area contributed by atoms with Gasteiger partial charge in [-0.1, -0.05) is 24.3 Å². The van der Waals surface area contributed by atoms with Crippen LogP contribution in [-0.4, -0.2) is 33.9 Å². The Kier molecular flexibility index (Phi) is 4.49. The van der Waals surface area contributed by atoms with Gasteiger partial charge in [0.05, 0.1) is 18.3 Å². The molecule has 2 heterocycles. The Bertz CT molecular complexity index is 789. The first-order chi connectivity index (χ1) is 12.2. The van der Waals surface area contributed by atoms with Crippen LogP contribution in [-0.2, 0) is 24.2 Å². The summed E-state index contributed by atoms with van der Waals surface area (Å²) in [6, 6.07) is 8.62. The van der Waals surface area contributed by atoms with E-state index in [2.05, 4.69) is 44.5 Å². The van der Waals surface area contributed by atoms with Gasteiger partial charge in [-0.2, -0.15) is 0 Å². The third-order valence-corrected chi connectivity index (χ3v) is 5.22. The zero-order valence-corrected chi connectivity index (χ0v) is 14.7. The first-order valence-electron chi connectivity index (χ1n) is 9.10. The monoisotopic (exact) mass is 336 g/mol. The van der Waals surface area contributed by atoms with Crippen molar-refractivity contribution in [3.05, 3.63) is 58.7 Å². The van der Waals surface area contributed by atoms with Crippen LogP contribution in [0.1, 0.15) is 47.1 Å². The van der Waals surface area contributed by atoms with Crippen molar-refractivity contribution in [3.8, 4) is 0 Å². The molecule has 1 atom stereocenters. The third-order valence-electron chi connectivity index (χ3n) is 5.22. The molecule has 1 aliphatic heterocycles. The highest BCUT2D eigenvalue weighted by Crippen LogP contribution is 2.29. The lowest BCUT2D eigenvalue weighted by Crippen LogP contribution is -2.42. The maximum absolute atomic E-state index is 12.6. The van der Waals surface area contributed by atoms with E-state index in [9.17, 15) is 4.79 Å². The van der Waals surface area contributed by atoms with Gasteiger partial charge in [-0.3, -0.25) is 9.69 Å². The van der Waals surface area contributed by atoms with Crippen molar-refractivity contribution < 1.29 is 4.79 Å². The van der Waals surface area contributed by atoms with Crippen molar-refractivity contribution in [2.75, 3.05) is 13.1 Å². The van der Waals surface area contributed by atoms with Crippen LogP contribution in [0, 0.1) is 6.92 Å². The van der Waals surface area contributed by atoms with E-state index in [4.69, 9.17) is 0 Å². The summed E-state index contributed by atoms with van der Waals surface area (Å²) >= 11 is 0. The number of nitrogens with one attached hydrogen (secondary N) is 1. The van der Waals surface area contributed by atoms with E-state index in [1.54, 1.807) is 0 Å². The fourth-order valence-corrected chi connectivity index (χ4v) is 3.94. The van der Waals surface area contributed by atoms with Crippen LogP contribution in [0.15, 0.2) is 30.5 Å². The normalized spacial score (nSPS) is 19.8. The highest BCUT2D eigenvalue weighted by molar-refractivity contribution is 5.78. The quantitative estimate of drug-likeness (QED) is 0.935. The molecule has 0 saturated carbocycles. The van der Waals surface area contributed by atoms with Crippen molar-refractivity contribution in [1.29, 1.82) is 0 Å². The van der Waals surface area contributed by atoms with Gasteiger partial charge >= 0.3 is 0 Å². The molecular formula is C20H24N4O. The molecule has 5 nitrogen and oxygen atoms in total. The molecule has 1 aromatic heterocycles. The molecule has 0 unspecified atom stereocenters. The molecule has 0 spiro atoms. The van der Waals surface area contributed by atoms with Gasteiger partial charge in [-0.25, -0.2) is 9.97 Å². The summed E-state index contributed by atoms with van der Waals surface area (Å²) in [6.07, 6.45) is 6.11. The zero-order valence-electron chi connectivity index (χ0n) is 14.7. The zero-order chi connectivity index (χ0) is 17.2. The molecule has 1 aliphatic carbocycles. The summed E-state index contributed by atoms with van der Waals surface area (Å²) in [5.41, 5.74) is 4.94. The van der Waals surface area contributed by atoms with Gasteiger partial charge in [-0.15, -0.1) is 0 Å². The van der Waals surface area contributed by atoms with E-state index in [0.29, 0.717) is 6.54 Å². The second-order valence-corrected chi connectivity index (χ2v) is 7.06. The van der Waals surface area contributed by atoms with Crippen molar-refractivity contribution in [2.45, 2.75) is 45.2 Å². The van der Waals surface area contributed by atoms with Crippen LogP contribution < -0.4 is 5.32 Å². The minimum absolute atomic E-state index is 0.107. The van der Waals surface area contributed by atoms with Gasteiger partial charge in [0.15, 0.2) is 0 Å². The van der Waals surface area contributed by atoms with Crippen molar-refractivity contribution >= 4 is 5.91 Å². The molecule has 1 N–H and O–H groups in total. The van der Waals surface area contributed by atoms with Crippen molar-refractivity contribution in [2.24, 2.45) is 0 Å². The number of carbonyl (C=O) groups excluding carboxylic acids is 1. The van der Waals surface area contributed by atoms with E-state index in [0.717, 1.165) is 50.3 Å². The van der Waals surface area contributed by atoms with Gasteiger partial charge < -0.3 is 5.32 Å². The van der Waals surface area contributed by atoms with E-state index in [1.807, 2.05) is 13.1 Å². The predicted octanol–water partition coefficient (Wildman–Crippen LogP) is 2.34. The minimum atomic E-state index is 0.107. The first-order valence-corrected chi connectivity index (χ1v) is 9.10. The van der Waals surface area contributed by atoms with Gasteiger partial charge in [0, 0.05) is 19.3 Å². The molecule has 1 aromatic carbocycles. The average molecular weight is 336 g/mol. The molecule has 2 aliphatic rings. The standard InChI is InChI=1S/C20H24N4O/c1-14-21-11-16-9-10-24(12-19(16)22-14)13-20(25)23-18-8-4-6-15-5-2-3-7-17(15)18/h2-3,5,7,11,18H,4,6,8-10,12-13H2,1H3,(H,23,25)/t18-/m0/s1. The number of amides is 1. The maximum atomic E-state index is 12.6. The topological polar surface area (TPSA) is 58.1 Å². The van der Waals surface area contributed by atoms with Crippen LogP contribution >= 0.6 is 0 Å². The summed E-state index contributed by atoms with van der Waals surface area (Å²) in [7, 11) is 0. The number of nitrogens with zero attached hydrogens (tertiary/aromatic N) is 3. The van der Waals surface area contributed by atoms with E-state index >= 15 is 0 Å². The van der Waals surface area contributed by atoms with E-state index < -0.39 is 0 Å². The molecule has 0 bridgehead atoms. The molecule has 2 aromatic rings. The predicted molar refractivity (Wildman–Crippen MR) is 96.0 cm³/mol. The minimum Gasteiger partial charge on any atom is -0.348 e. The lowest BCUT2D eigenvalue weighted by atomic mass is 9.88. The number of rotatable bonds is 3. The summed E-state index contributed by atoms with van der Waals surface area (Å²) in [5.74, 6) is 0.903. The number of fused-ring (bicyclic) bond motifs is 2. The maximum Gasteiger partial charge on any atom is 0.234 e. The Labute approximate surface area is 148 Å². The highest BCUT2D eigenvalue weighted by atomic mass is 16.2. The smallest absolute Gasteiger partial charge is 0.234 e. The Morgan fingerprint density at radius 3 is 3.08 bits per heavy atom. The number of benzene rings is 1. The highest BCUT2D eigenvalue weighted by Gasteiger charge is 2.24. The lowest BCUT2D eigenvalue weighted by Gasteiger charge is -2.30. The largest absolute Gasteiger partial charge is 0.348 e. The van der Waals surface area contributed by atoms with Gasteiger partial charge in [0.1, 0.15) is 5.82 Å². The van der Waals surface area contributed by atoms with Crippen LogP contribution in [0.25, 0.3) is 0 Å². The molecule has 0 saturated heterocycles. The van der Waals surface area contributed by atoms with E-state index in [-0.39, 0.29) is 11.9 Å². The molecule has 25 heavy (non-hydrogen) atoms. The number of aryl methyl sites for hydroxylation is 2. The summed E-state index contributed by atoms with van der Waals surface area (Å²) < 4.78 is 0. The number of carbonyl (C=O) groups is 1. The number of hydrogen-bond acceptors (Lipinski definition) is 4. The Balaban J connectivity index is 1.39.